The van der Waals surface area contributed by atoms with E-state index in [2.05, 4.69) is 48.0 Å². The van der Waals surface area contributed by atoms with Crippen molar-refractivity contribution < 1.29 is 0 Å². The van der Waals surface area contributed by atoms with Gasteiger partial charge in [0.25, 0.3) is 0 Å². The zero-order valence-corrected chi connectivity index (χ0v) is 11.0. The number of halogens is 1. The van der Waals surface area contributed by atoms with E-state index < -0.39 is 0 Å². The quantitative estimate of drug-likeness (QED) is 0.759. The maximum absolute atomic E-state index is 4.18. The van der Waals surface area contributed by atoms with Gasteiger partial charge in [-0.1, -0.05) is 36.7 Å². The van der Waals surface area contributed by atoms with E-state index in [-0.39, 0.29) is 0 Å². The first kappa shape index (κ1) is 11.8. The lowest BCUT2D eigenvalue weighted by atomic mass is 9.82. The van der Waals surface area contributed by atoms with Gasteiger partial charge in [-0.05, 0) is 23.8 Å². The van der Waals surface area contributed by atoms with Gasteiger partial charge in [-0.3, -0.25) is 4.68 Å². The van der Waals surface area contributed by atoms with Gasteiger partial charge in [0.2, 0.25) is 0 Å². The van der Waals surface area contributed by atoms with Gasteiger partial charge in [0, 0.05) is 18.1 Å². The van der Waals surface area contributed by atoms with Crippen molar-refractivity contribution in [3.8, 4) is 0 Å². The highest BCUT2D eigenvalue weighted by atomic mass is 79.9. The van der Waals surface area contributed by atoms with E-state index in [4.69, 9.17) is 0 Å². The zero-order chi connectivity index (χ0) is 10.8. The Morgan fingerprint density at radius 3 is 2.64 bits per heavy atom. The van der Waals surface area contributed by atoms with Crippen molar-refractivity contribution in [2.24, 2.45) is 12.5 Å². The van der Waals surface area contributed by atoms with E-state index in [1.165, 1.54) is 12.0 Å². The summed E-state index contributed by atoms with van der Waals surface area (Å²) in [5.74, 6) is 0. The molecule has 1 atom stereocenters. The molecule has 1 rings (SSSR count). The molecule has 0 N–H and O–H groups in total. The molecule has 1 heterocycles. The monoisotopic (exact) mass is 258 g/mol. The number of aryl methyl sites for hydroxylation is 1. The fraction of sp³-hybridized carbons (Fsp3) is 0.727. The van der Waals surface area contributed by atoms with Crippen LogP contribution in [-0.4, -0.2) is 14.6 Å². The molecule has 14 heavy (non-hydrogen) atoms. The minimum Gasteiger partial charge on any atom is -0.276 e. The fourth-order valence-electron chi connectivity index (χ4n) is 1.95. The van der Waals surface area contributed by atoms with Crippen LogP contribution in [0, 0.1) is 5.41 Å². The van der Waals surface area contributed by atoms with Crippen LogP contribution in [0.1, 0.15) is 32.8 Å². The Hall–Kier alpha value is -0.310. The van der Waals surface area contributed by atoms with Gasteiger partial charge in [-0.25, -0.2) is 0 Å². The highest BCUT2D eigenvalue weighted by molar-refractivity contribution is 9.09. The molecule has 1 aromatic rings. The Kier molecular flexibility index (Phi) is 3.76. The van der Waals surface area contributed by atoms with Crippen molar-refractivity contribution >= 4 is 15.9 Å². The van der Waals surface area contributed by atoms with E-state index in [9.17, 15) is 0 Å². The van der Waals surface area contributed by atoms with E-state index in [0.29, 0.717) is 10.2 Å². The largest absolute Gasteiger partial charge is 0.276 e. The summed E-state index contributed by atoms with van der Waals surface area (Å²) in [5, 5.41) is 4.18. The number of hydrogen-bond acceptors (Lipinski definition) is 1. The molecule has 0 bridgehead atoms. The summed E-state index contributed by atoms with van der Waals surface area (Å²) >= 11 is 3.61. The molecule has 2 nitrogen and oxygen atoms in total. The van der Waals surface area contributed by atoms with E-state index >= 15 is 0 Å². The Bertz CT molecular complexity index is 289. The SMILES string of the molecule is CC(Br)CC(C)(C)Cc1cnn(C)c1. The van der Waals surface area contributed by atoms with Crippen molar-refractivity contribution in [3.63, 3.8) is 0 Å². The van der Waals surface area contributed by atoms with Gasteiger partial charge in [0.1, 0.15) is 0 Å². The lowest BCUT2D eigenvalue weighted by Crippen LogP contribution is -2.18. The van der Waals surface area contributed by atoms with Gasteiger partial charge in [-0.15, -0.1) is 0 Å². The summed E-state index contributed by atoms with van der Waals surface area (Å²) in [4.78, 5) is 0.578. The van der Waals surface area contributed by atoms with Gasteiger partial charge < -0.3 is 0 Å². The molecule has 0 aliphatic carbocycles. The van der Waals surface area contributed by atoms with Crippen LogP contribution in [0.4, 0.5) is 0 Å². The summed E-state index contributed by atoms with van der Waals surface area (Å²) in [5.41, 5.74) is 1.66. The first-order valence-electron chi connectivity index (χ1n) is 5.01. The van der Waals surface area contributed by atoms with Crippen molar-refractivity contribution in [3.05, 3.63) is 18.0 Å². The van der Waals surface area contributed by atoms with Crippen molar-refractivity contribution in [1.82, 2.24) is 9.78 Å². The molecule has 0 aliphatic rings. The smallest absolute Gasteiger partial charge is 0.0521 e. The van der Waals surface area contributed by atoms with Crippen molar-refractivity contribution in [2.75, 3.05) is 0 Å². The number of alkyl halides is 1. The van der Waals surface area contributed by atoms with Gasteiger partial charge in [-0.2, -0.15) is 5.10 Å². The summed E-state index contributed by atoms with van der Waals surface area (Å²) in [6.45, 7) is 6.81. The van der Waals surface area contributed by atoms with E-state index in [1.54, 1.807) is 0 Å². The fourth-order valence-corrected chi connectivity index (χ4v) is 2.83. The molecular weight excluding hydrogens is 240 g/mol. The predicted octanol–water partition coefficient (Wildman–Crippen LogP) is 3.16. The maximum atomic E-state index is 4.18. The van der Waals surface area contributed by atoms with E-state index in [1.807, 2.05) is 17.9 Å². The van der Waals surface area contributed by atoms with Crippen molar-refractivity contribution in [1.29, 1.82) is 0 Å². The zero-order valence-electron chi connectivity index (χ0n) is 9.42. The average molecular weight is 259 g/mol. The van der Waals surface area contributed by atoms with E-state index in [0.717, 1.165) is 6.42 Å². The molecule has 0 amide bonds. The highest BCUT2D eigenvalue weighted by Crippen LogP contribution is 2.29. The minimum atomic E-state index is 0.339. The van der Waals surface area contributed by atoms with Crippen LogP contribution in [0.5, 0.6) is 0 Å². The third-order valence-corrected chi connectivity index (χ3v) is 2.60. The highest BCUT2D eigenvalue weighted by Gasteiger charge is 2.21. The second-order valence-corrected chi connectivity index (χ2v) is 6.41. The first-order valence-corrected chi connectivity index (χ1v) is 5.92. The molecule has 1 aromatic heterocycles. The van der Waals surface area contributed by atoms with Crippen LogP contribution >= 0.6 is 15.9 Å². The number of hydrogen-bond donors (Lipinski definition) is 0. The molecule has 0 aromatic carbocycles. The second kappa shape index (κ2) is 4.47. The first-order chi connectivity index (χ1) is 6.39. The van der Waals surface area contributed by atoms with Crippen LogP contribution < -0.4 is 0 Å². The Balaban J connectivity index is 2.58. The van der Waals surface area contributed by atoms with Gasteiger partial charge in [0.15, 0.2) is 0 Å². The third kappa shape index (κ3) is 3.82. The summed E-state index contributed by atoms with van der Waals surface area (Å²) < 4.78 is 1.86. The molecule has 0 saturated heterocycles. The van der Waals surface area contributed by atoms with Crippen LogP contribution in [0.25, 0.3) is 0 Å². The Labute approximate surface area is 94.8 Å². The molecule has 1 unspecified atom stereocenters. The number of nitrogens with zero attached hydrogens (tertiary/aromatic N) is 2. The summed E-state index contributed by atoms with van der Waals surface area (Å²) in [7, 11) is 1.96. The molecule has 0 saturated carbocycles. The molecular formula is C11H19BrN2. The van der Waals surface area contributed by atoms with Crippen LogP contribution in [0.3, 0.4) is 0 Å². The average Bonchev–Trinajstić information content (AvgIpc) is 2.30. The minimum absolute atomic E-state index is 0.339. The van der Waals surface area contributed by atoms with Crippen molar-refractivity contribution in [2.45, 2.75) is 38.4 Å². The number of aromatic nitrogens is 2. The standard InChI is InChI=1S/C11H19BrN2/c1-9(12)5-11(2,3)6-10-7-13-14(4)8-10/h7-9H,5-6H2,1-4H3. The normalized spacial score (nSPS) is 14.4. The predicted molar refractivity (Wildman–Crippen MR) is 63.7 cm³/mol. The third-order valence-electron chi connectivity index (χ3n) is 2.27. The number of rotatable bonds is 4. The summed E-state index contributed by atoms with van der Waals surface area (Å²) in [6.07, 6.45) is 6.33. The van der Waals surface area contributed by atoms with Gasteiger partial charge >= 0.3 is 0 Å². The molecule has 0 radical (unpaired) electrons. The molecule has 0 spiro atoms. The van der Waals surface area contributed by atoms with Crippen LogP contribution in [-0.2, 0) is 13.5 Å². The Morgan fingerprint density at radius 2 is 2.21 bits per heavy atom. The topological polar surface area (TPSA) is 17.8 Å². The molecule has 3 heteroatoms. The molecule has 0 fully saturated rings. The lowest BCUT2D eigenvalue weighted by Gasteiger charge is -2.25. The maximum Gasteiger partial charge on any atom is 0.0521 e. The lowest BCUT2D eigenvalue weighted by molar-refractivity contribution is 0.335. The van der Waals surface area contributed by atoms with Gasteiger partial charge in [0.05, 0.1) is 6.20 Å². The summed E-state index contributed by atoms with van der Waals surface area (Å²) in [6, 6.07) is 0. The van der Waals surface area contributed by atoms with Crippen LogP contribution in [0.2, 0.25) is 0 Å². The second-order valence-electron chi connectivity index (χ2n) is 4.85. The van der Waals surface area contributed by atoms with Crippen LogP contribution in [0.15, 0.2) is 12.4 Å². The Morgan fingerprint density at radius 1 is 1.57 bits per heavy atom. The molecule has 80 valence electrons. The molecule has 0 aliphatic heterocycles.